The van der Waals surface area contributed by atoms with E-state index < -0.39 is 34.2 Å². The van der Waals surface area contributed by atoms with Gasteiger partial charge in [0, 0.05) is 5.69 Å². The number of hydrogen-bond donors (Lipinski definition) is 1. The lowest BCUT2D eigenvalue weighted by atomic mass is 10.1. The van der Waals surface area contributed by atoms with Gasteiger partial charge in [-0.05, 0) is 56.2 Å². The summed E-state index contributed by atoms with van der Waals surface area (Å²) in [6.45, 7) is 5.00. The van der Waals surface area contributed by atoms with Crippen LogP contribution in [0.4, 0.5) is 24.5 Å². The summed E-state index contributed by atoms with van der Waals surface area (Å²) in [5.74, 6) is -0.597. The highest BCUT2D eigenvalue weighted by Gasteiger charge is 2.31. The topological polar surface area (TPSA) is 66.5 Å². The van der Waals surface area contributed by atoms with E-state index in [9.17, 15) is 26.4 Å². The van der Waals surface area contributed by atoms with Crippen LogP contribution in [0.2, 0.25) is 0 Å². The Morgan fingerprint density at radius 3 is 1.96 bits per heavy atom. The monoisotopic (exact) mass is 414 g/mol. The molecule has 0 aliphatic carbocycles. The molecule has 0 radical (unpaired) electrons. The van der Waals surface area contributed by atoms with Crippen LogP contribution in [0, 0.1) is 20.8 Å². The minimum absolute atomic E-state index is 0.0250. The normalized spacial score (nSPS) is 12.0. The van der Waals surface area contributed by atoms with E-state index in [0.717, 1.165) is 51.5 Å². The highest BCUT2D eigenvalue weighted by atomic mass is 32.2. The van der Waals surface area contributed by atoms with Gasteiger partial charge >= 0.3 is 6.18 Å². The lowest BCUT2D eigenvalue weighted by molar-refractivity contribution is -0.137. The highest BCUT2D eigenvalue weighted by molar-refractivity contribution is 7.92. The molecule has 0 bridgehead atoms. The van der Waals surface area contributed by atoms with Gasteiger partial charge in [0.05, 0.1) is 17.5 Å². The average Bonchev–Trinajstić information content (AvgIpc) is 2.54. The summed E-state index contributed by atoms with van der Waals surface area (Å²) in [5, 5.41) is 2.69. The predicted molar refractivity (Wildman–Crippen MR) is 103 cm³/mol. The van der Waals surface area contributed by atoms with Gasteiger partial charge in [-0.1, -0.05) is 17.7 Å². The molecule has 28 heavy (non-hydrogen) atoms. The van der Waals surface area contributed by atoms with Crippen molar-refractivity contribution in [1.29, 1.82) is 0 Å². The lowest BCUT2D eigenvalue weighted by Crippen LogP contribution is -2.37. The van der Waals surface area contributed by atoms with Crippen LogP contribution in [0.25, 0.3) is 0 Å². The maximum Gasteiger partial charge on any atom is 0.416 e. The van der Waals surface area contributed by atoms with Gasteiger partial charge in [0.15, 0.2) is 0 Å². The molecule has 1 N–H and O–H groups in total. The van der Waals surface area contributed by atoms with Gasteiger partial charge in [-0.25, -0.2) is 8.42 Å². The fourth-order valence-electron chi connectivity index (χ4n) is 2.90. The summed E-state index contributed by atoms with van der Waals surface area (Å²) < 4.78 is 63.1. The summed E-state index contributed by atoms with van der Waals surface area (Å²) >= 11 is 0. The Kier molecular flexibility index (Phi) is 6.08. The number of rotatable bonds is 5. The van der Waals surface area contributed by atoms with Crippen LogP contribution < -0.4 is 9.62 Å². The second kappa shape index (κ2) is 7.83. The molecule has 2 aromatic rings. The van der Waals surface area contributed by atoms with E-state index >= 15 is 0 Å². The van der Waals surface area contributed by atoms with E-state index in [2.05, 4.69) is 5.32 Å². The van der Waals surface area contributed by atoms with Gasteiger partial charge < -0.3 is 5.32 Å². The third-order valence-corrected chi connectivity index (χ3v) is 5.25. The zero-order valence-corrected chi connectivity index (χ0v) is 16.7. The maximum atomic E-state index is 12.7. The fraction of sp³-hybridized carbons (Fsp3) is 0.316. The van der Waals surface area contributed by atoms with E-state index in [0.29, 0.717) is 5.69 Å². The maximum absolute atomic E-state index is 12.7. The minimum atomic E-state index is -4.54. The number of amides is 1. The van der Waals surface area contributed by atoms with Crippen molar-refractivity contribution in [3.05, 3.63) is 58.7 Å². The van der Waals surface area contributed by atoms with Crippen molar-refractivity contribution in [3.8, 4) is 0 Å². The number of hydrogen-bond acceptors (Lipinski definition) is 3. The van der Waals surface area contributed by atoms with E-state index in [1.165, 1.54) is 0 Å². The molecule has 0 aromatic heterocycles. The molecule has 0 fully saturated rings. The van der Waals surface area contributed by atoms with Gasteiger partial charge in [0.1, 0.15) is 6.54 Å². The van der Waals surface area contributed by atoms with Crippen molar-refractivity contribution in [2.24, 2.45) is 0 Å². The molecule has 2 aromatic carbocycles. The molecule has 0 aliphatic heterocycles. The smallest absolute Gasteiger partial charge is 0.324 e. The number of nitrogens with one attached hydrogen (secondary N) is 1. The van der Waals surface area contributed by atoms with Crippen LogP contribution in [0.15, 0.2) is 36.4 Å². The molecule has 0 aliphatic rings. The molecule has 0 saturated heterocycles. The molecule has 9 heteroatoms. The van der Waals surface area contributed by atoms with E-state index in [1.54, 1.807) is 0 Å². The molecule has 0 saturated carbocycles. The summed E-state index contributed by atoms with van der Waals surface area (Å²) in [6, 6.07) is 7.37. The summed E-state index contributed by atoms with van der Waals surface area (Å²) in [5.41, 5.74) is 2.33. The SMILES string of the molecule is Cc1cc(C)c(NC(=O)CN(c2ccc(C(F)(F)F)cc2)S(C)(=O)=O)c(C)c1. The zero-order chi connectivity index (χ0) is 21.3. The molecule has 2 rings (SSSR count). The summed E-state index contributed by atoms with van der Waals surface area (Å²) in [6.07, 6.45) is -3.65. The van der Waals surface area contributed by atoms with Crippen molar-refractivity contribution in [1.82, 2.24) is 0 Å². The van der Waals surface area contributed by atoms with Gasteiger partial charge in [-0.15, -0.1) is 0 Å². The quantitative estimate of drug-likeness (QED) is 0.803. The molecule has 0 spiro atoms. The van der Waals surface area contributed by atoms with Crippen molar-refractivity contribution in [2.45, 2.75) is 26.9 Å². The van der Waals surface area contributed by atoms with Crippen molar-refractivity contribution < 1.29 is 26.4 Å². The Balaban J connectivity index is 2.27. The largest absolute Gasteiger partial charge is 0.416 e. The number of anilines is 2. The van der Waals surface area contributed by atoms with E-state index in [1.807, 2.05) is 32.9 Å². The van der Waals surface area contributed by atoms with E-state index in [-0.39, 0.29) is 5.69 Å². The number of carbonyl (C=O) groups excluding carboxylic acids is 1. The Morgan fingerprint density at radius 2 is 1.54 bits per heavy atom. The van der Waals surface area contributed by atoms with Gasteiger partial charge in [0.2, 0.25) is 15.9 Å². The van der Waals surface area contributed by atoms with Crippen LogP contribution in [-0.4, -0.2) is 27.1 Å². The number of alkyl halides is 3. The number of benzene rings is 2. The Hall–Kier alpha value is -2.55. The minimum Gasteiger partial charge on any atom is -0.324 e. The zero-order valence-electron chi connectivity index (χ0n) is 15.9. The molecule has 0 atom stereocenters. The third-order valence-electron chi connectivity index (χ3n) is 4.11. The lowest BCUT2D eigenvalue weighted by Gasteiger charge is -2.23. The van der Waals surface area contributed by atoms with Crippen molar-refractivity contribution in [2.75, 3.05) is 22.4 Å². The van der Waals surface area contributed by atoms with Crippen molar-refractivity contribution >= 4 is 27.3 Å². The molecule has 1 amide bonds. The molecule has 152 valence electrons. The first-order valence-electron chi connectivity index (χ1n) is 8.31. The van der Waals surface area contributed by atoms with Gasteiger partial charge in [0.25, 0.3) is 0 Å². The van der Waals surface area contributed by atoms with Gasteiger partial charge in [-0.2, -0.15) is 13.2 Å². The number of carbonyl (C=O) groups is 1. The van der Waals surface area contributed by atoms with Crippen LogP contribution in [0.1, 0.15) is 22.3 Å². The number of nitrogens with zero attached hydrogens (tertiary/aromatic N) is 1. The summed E-state index contributed by atoms with van der Waals surface area (Å²) in [4.78, 5) is 12.5. The second-order valence-electron chi connectivity index (χ2n) is 6.64. The molecule has 0 unspecified atom stereocenters. The average molecular weight is 414 g/mol. The van der Waals surface area contributed by atoms with Crippen LogP contribution >= 0.6 is 0 Å². The summed E-state index contributed by atoms with van der Waals surface area (Å²) in [7, 11) is -3.89. The number of halogens is 3. The number of aryl methyl sites for hydroxylation is 3. The van der Waals surface area contributed by atoms with Crippen molar-refractivity contribution in [3.63, 3.8) is 0 Å². The molecule has 5 nitrogen and oxygen atoms in total. The standard InChI is InChI=1S/C19H21F3N2O3S/c1-12-9-13(2)18(14(3)10-12)23-17(25)11-24(28(4,26)27)16-7-5-15(6-8-16)19(20,21)22/h5-10H,11H2,1-4H3,(H,23,25). The second-order valence-corrected chi connectivity index (χ2v) is 8.54. The first-order valence-corrected chi connectivity index (χ1v) is 10.2. The first-order chi connectivity index (χ1) is 12.8. The van der Waals surface area contributed by atoms with Crippen LogP contribution in [0.3, 0.4) is 0 Å². The Labute approximate surface area is 162 Å². The molecular formula is C19H21F3N2O3S. The highest BCUT2D eigenvalue weighted by Crippen LogP contribution is 2.31. The van der Waals surface area contributed by atoms with Crippen LogP contribution in [-0.2, 0) is 21.0 Å². The predicted octanol–water partition coefficient (Wildman–Crippen LogP) is 4.04. The third kappa shape index (κ3) is 5.25. The van der Waals surface area contributed by atoms with Crippen LogP contribution in [0.5, 0.6) is 0 Å². The fourth-order valence-corrected chi connectivity index (χ4v) is 3.76. The Bertz CT molecular complexity index is 961. The van der Waals surface area contributed by atoms with E-state index in [4.69, 9.17) is 0 Å². The number of sulfonamides is 1. The van der Waals surface area contributed by atoms with Gasteiger partial charge in [-0.3, -0.25) is 9.10 Å². The Morgan fingerprint density at radius 1 is 1.04 bits per heavy atom. The first kappa shape index (κ1) is 21.7. The molecular weight excluding hydrogens is 393 g/mol. The molecule has 0 heterocycles.